The quantitative estimate of drug-likeness (QED) is 0.781. The van der Waals surface area contributed by atoms with E-state index >= 15 is 0 Å². The van der Waals surface area contributed by atoms with Gasteiger partial charge in [-0.15, -0.1) is 0 Å². The molecule has 0 aliphatic rings. The van der Waals surface area contributed by atoms with E-state index in [4.69, 9.17) is 11.6 Å². The first-order valence-electron chi connectivity index (χ1n) is 5.03. The molecule has 88 valence electrons. The molecule has 0 bridgehead atoms. The third-order valence-corrected chi connectivity index (χ3v) is 2.42. The largest absolute Gasteiger partial charge is 0.383 e. The highest BCUT2D eigenvalue weighted by Gasteiger charge is 2.05. The topological polar surface area (TPSA) is 41.1 Å². The molecule has 0 aliphatic carbocycles. The lowest BCUT2D eigenvalue weighted by Gasteiger charge is -2.07. The zero-order valence-corrected chi connectivity index (χ0v) is 9.77. The Morgan fingerprint density at radius 2 is 2.25 bits per heavy atom. The lowest BCUT2D eigenvalue weighted by molar-refractivity contribution is -0.120. The van der Waals surface area contributed by atoms with Crippen molar-refractivity contribution in [1.82, 2.24) is 5.32 Å². The first-order chi connectivity index (χ1) is 7.65. The summed E-state index contributed by atoms with van der Waals surface area (Å²) in [4.78, 5) is 10.9. The molecule has 1 amide bonds. The Morgan fingerprint density at radius 3 is 2.94 bits per heavy atom. The number of nitrogens with one attached hydrogen (secondary N) is 2. The van der Waals surface area contributed by atoms with Gasteiger partial charge in [0.25, 0.3) is 0 Å². The summed E-state index contributed by atoms with van der Waals surface area (Å²) in [5, 5.41) is 5.51. The molecule has 0 unspecified atom stereocenters. The fourth-order valence-corrected chi connectivity index (χ4v) is 1.41. The van der Waals surface area contributed by atoms with Gasteiger partial charge in [-0.2, -0.15) is 0 Å². The predicted octanol–water partition coefficient (Wildman–Crippen LogP) is 2.42. The number of carbonyl (C=O) groups excluding carboxylic acids is 1. The van der Waals surface area contributed by atoms with Crippen LogP contribution in [0.2, 0.25) is 5.02 Å². The Hall–Kier alpha value is -1.29. The summed E-state index contributed by atoms with van der Waals surface area (Å²) >= 11 is 5.62. The molecule has 5 heteroatoms. The highest BCUT2D eigenvalue weighted by molar-refractivity contribution is 6.31. The molecule has 3 nitrogen and oxygen atoms in total. The van der Waals surface area contributed by atoms with Crippen LogP contribution < -0.4 is 10.6 Å². The van der Waals surface area contributed by atoms with Crippen molar-refractivity contribution in [3.05, 3.63) is 29.0 Å². The second-order valence-corrected chi connectivity index (χ2v) is 3.71. The number of amides is 1. The van der Waals surface area contributed by atoms with Crippen LogP contribution in [0.15, 0.2) is 18.2 Å². The van der Waals surface area contributed by atoms with Gasteiger partial charge in [-0.1, -0.05) is 17.7 Å². The summed E-state index contributed by atoms with van der Waals surface area (Å²) in [7, 11) is 1.59. The third kappa shape index (κ3) is 3.70. The minimum Gasteiger partial charge on any atom is -0.383 e. The lowest BCUT2D eigenvalue weighted by atomic mass is 10.2. The van der Waals surface area contributed by atoms with Crippen molar-refractivity contribution in [1.29, 1.82) is 0 Å². The second kappa shape index (κ2) is 6.33. The van der Waals surface area contributed by atoms with E-state index < -0.39 is 5.82 Å². The average Bonchev–Trinajstić information content (AvgIpc) is 2.29. The highest BCUT2D eigenvalue weighted by atomic mass is 35.5. The number of rotatable bonds is 5. The molecular weight excluding hydrogens is 231 g/mol. The number of carbonyl (C=O) groups is 1. The molecule has 2 N–H and O–H groups in total. The van der Waals surface area contributed by atoms with Crippen molar-refractivity contribution in [2.75, 3.05) is 18.9 Å². The Morgan fingerprint density at radius 1 is 1.50 bits per heavy atom. The van der Waals surface area contributed by atoms with Crippen LogP contribution in [-0.2, 0) is 4.79 Å². The number of anilines is 1. The van der Waals surface area contributed by atoms with E-state index in [9.17, 15) is 9.18 Å². The van der Waals surface area contributed by atoms with Crippen LogP contribution in [0.3, 0.4) is 0 Å². The Bertz CT molecular complexity index is 371. The third-order valence-electron chi connectivity index (χ3n) is 2.13. The van der Waals surface area contributed by atoms with Crippen molar-refractivity contribution in [2.24, 2.45) is 0 Å². The van der Waals surface area contributed by atoms with Crippen LogP contribution in [0.25, 0.3) is 0 Å². The van der Waals surface area contributed by atoms with E-state index in [0.29, 0.717) is 25.1 Å². The van der Waals surface area contributed by atoms with E-state index in [1.54, 1.807) is 19.2 Å². The standard InChI is InChI=1S/C11H14ClFN2O/c1-14-10(16)6-3-7-15-9-5-2-4-8(12)11(9)13/h2,4-5,15H,3,6-7H2,1H3,(H,14,16). The van der Waals surface area contributed by atoms with E-state index in [2.05, 4.69) is 10.6 Å². The van der Waals surface area contributed by atoms with Gasteiger partial charge in [-0.05, 0) is 18.6 Å². The van der Waals surface area contributed by atoms with Gasteiger partial charge in [0.15, 0.2) is 5.82 Å². The van der Waals surface area contributed by atoms with Gasteiger partial charge in [0.1, 0.15) is 0 Å². The van der Waals surface area contributed by atoms with Crippen LogP contribution in [0.4, 0.5) is 10.1 Å². The summed E-state index contributed by atoms with van der Waals surface area (Å²) in [5.41, 5.74) is 0.365. The molecule has 1 aromatic carbocycles. The Balaban J connectivity index is 2.38. The zero-order valence-electron chi connectivity index (χ0n) is 9.02. The normalized spacial score (nSPS) is 9.94. The fraction of sp³-hybridized carbons (Fsp3) is 0.364. The van der Waals surface area contributed by atoms with Crippen LogP contribution >= 0.6 is 11.6 Å². The number of hydrogen-bond donors (Lipinski definition) is 2. The van der Waals surface area contributed by atoms with Gasteiger partial charge in [0.2, 0.25) is 5.91 Å². The minimum absolute atomic E-state index is 0.0200. The van der Waals surface area contributed by atoms with Crippen LogP contribution in [0, 0.1) is 5.82 Å². The zero-order chi connectivity index (χ0) is 12.0. The summed E-state index contributed by atoms with van der Waals surface area (Å²) in [6, 6.07) is 4.78. The highest BCUT2D eigenvalue weighted by Crippen LogP contribution is 2.21. The molecule has 1 aromatic rings. The summed E-state index contributed by atoms with van der Waals surface area (Å²) in [6.07, 6.45) is 1.07. The molecule has 0 atom stereocenters. The molecule has 0 saturated carbocycles. The number of halogens is 2. The van der Waals surface area contributed by atoms with Gasteiger partial charge in [-0.3, -0.25) is 4.79 Å². The molecule has 1 rings (SSSR count). The minimum atomic E-state index is -0.455. The van der Waals surface area contributed by atoms with Crippen LogP contribution in [0.1, 0.15) is 12.8 Å². The molecule has 0 heterocycles. The monoisotopic (exact) mass is 244 g/mol. The number of hydrogen-bond acceptors (Lipinski definition) is 2. The summed E-state index contributed by atoms with van der Waals surface area (Å²) in [6.45, 7) is 0.532. The Labute approximate surface area is 99.0 Å². The van der Waals surface area contributed by atoms with Crippen molar-refractivity contribution in [3.63, 3.8) is 0 Å². The molecule has 0 aromatic heterocycles. The van der Waals surface area contributed by atoms with E-state index in [1.165, 1.54) is 6.07 Å². The van der Waals surface area contributed by atoms with Crippen molar-refractivity contribution in [3.8, 4) is 0 Å². The van der Waals surface area contributed by atoms with Crippen molar-refractivity contribution < 1.29 is 9.18 Å². The maximum Gasteiger partial charge on any atom is 0.219 e. The van der Waals surface area contributed by atoms with Crippen LogP contribution in [0.5, 0.6) is 0 Å². The average molecular weight is 245 g/mol. The lowest BCUT2D eigenvalue weighted by Crippen LogP contribution is -2.18. The van der Waals surface area contributed by atoms with Gasteiger partial charge < -0.3 is 10.6 Å². The molecule has 16 heavy (non-hydrogen) atoms. The summed E-state index contributed by atoms with van der Waals surface area (Å²) in [5.74, 6) is -0.475. The first-order valence-corrected chi connectivity index (χ1v) is 5.41. The second-order valence-electron chi connectivity index (χ2n) is 3.30. The van der Waals surface area contributed by atoms with Crippen molar-refractivity contribution in [2.45, 2.75) is 12.8 Å². The van der Waals surface area contributed by atoms with Gasteiger partial charge in [-0.25, -0.2) is 4.39 Å². The molecular formula is C11H14ClFN2O. The van der Waals surface area contributed by atoms with Gasteiger partial charge in [0.05, 0.1) is 10.7 Å². The molecule has 0 saturated heterocycles. The van der Waals surface area contributed by atoms with E-state index in [0.717, 1.165) is 0 Å². The maximum absolute atomic E-state index is 13.4. The smallest absolute Gasteiger partial charge is 0.219 e. The fourth-order valence-electron chi connectivity index (χ4n) is 1.24. The van der Waals surface area contributed by atoms with Gasteiger partial charge >= 0.3 is 0 Å². The van der Waals surface area contributed by atoms with Crippen molar-refractivity contribution >= 4 is 23.2 Å². The van der Waals surface area contributed by atoms with Gasteiger partial charge in [0, 0.05) is 20.0 Å². The Kier molecular flexibility index (Phi) is 5.05. The van der Waals surface area contributed by atoms with E-state index in [1.807, 2.05) is 0 Å². The first kappa shape index (κ1) is 12.8. The molecule has 0 radical (unpaired) electrons. The predicted molar refractivity (Wildman–Crippen MR) is 63.2 cm³/mol. The van der Waals surface area contributed by atoms with Crippen LogP contribution in [-0.4, -0.2) is 19.5 Å². The maximum atomic E-state index is 13.4. The SMILES string of the molecule is CNC(=O)CCCNc1cccc(Cl)c1F. The molecule has 0 fully saturated rings. The number of benzene rings is 1. The van der Waals surface area contributed by atoms with E-state index in [-0.39, 0.29) is 10.9 Å². The summed E-state index contributed by atoms with van der Waals surface area (Å²) < 4.78 is 13.4. The molecule has 0 aliphatic heterocycles. The molecule has 0 spiro atoms.